The summed E-state index contributed by atoms with van der Waals surface area (Å²) in [6.07, 6.45) is 0. The monoisotopic (exact) mass is 339 g/mol. The molecule has 2 aromatic carbocycles. The second kappa shape index (κ2) is 5.88. The van der Waals surface area contributed by atoms with Gasteiger partial charge in [0.1, 0.15) is 0 Å². The molecule has 0 radical (unpaired) electrons. The van der Waals surface area contributed by atoms with Crippen LogP contribution in [0.3, 0.4) is 0 Å². The van der Waals surface area contributed by atoms with Gasteiger partial charge in [-0.25, -0.2) is 0 Å². The van der Waals surface area contributed by atoms with Crippen molar-refractivity contribution < 1.29 is 4.79 Å². The second-order valence-corrected chi connectivity index (χ2v) is 6.31. The van der Waals surface area contributed by atoms with Gasteiger partial charge in [0, 0.05) is 17.5 Å². The van der Waals surface area contributed by atoms with Crippen molar-refractivity contribution in [1.29, 1.82) is 0 Å². The van der Waals surface area contributed by atoms with E-state index >= 15 is 0 Å². The fourth-order valence-corrected chi connectivity index (χ4v) is 3.26. The molecule has 2 aromatic rings. The molecule has 0 saturated carbocycles. The summed E-state index contributed by atoms with van der Waals surface area (Å²) in [5.41, 5.74) is 1.90. The van der Waals surface area contributed by atoms with Crippen LogP contribution in [0, 0.1) is 0 Å². The Kier molecular flexibility index (Phi) is 4.12. The number of hydrogen-bond donors (Lipinski definition) is 1. The van der Waals surface area contributed by atoms with E-state index in [-0.39, 0.29) is 17.7 Å². The number of nitrogens with one attached hydrogen (secondary N) is 1. The van der Waals surface area contributed by atoms with Crippen LogP contribution in [0.5, 0.6) is 0 Å². The molecule has 2 atom stereocenters. The van der Waals surface area contributed by atoms with Crippen molar-refractivity contribution in [2.24, 2.45) is 0 Å². The minimum absolute atomic E-state index is 0.00151. The molecule has 108 valence electrons. The fraction of sp³-hybridized carbons (Fsp3) is 0.188. The maximum absolute atomic E-state index is 12.2. The smallest absolute Gasteiger partial charge is 0.228 e. The van der Waals surface area contributed by atoms with Crippen molar-refractivity contribution >= 4 is 40.7 Å². The van der Waals surface area contributed by atoms with Gasteiger partial charge in [0.15, 0.2) is 0 Å². The summed E-state index contributed by atoms with van der Waals surface area (Å²) in [4.78, 5) is 12.2. The van der Waals surface area contributed by atoms with E-state index in [0.29, 0.717) is 21.6 Å². The summed E-state index contributed by atoms with van der Waals surface area (Å²) in [6.45, 7) is 0.587. The zero-order chi connectivity index (χ0) is 15.0. The van der Waals surface area contributed by atoms with Crippen molar-refractivity contribution in [2.45, 2.75) is 11.8 Å². The third-order valence-corrected chi connectivity index (χ3v) is 4.73. The summed E-state index contributed by atoms with van der Waals surface area (Å²) in [7, 11) is 0. The lowest BCUT2D eigenvalue weighted by Gasteiger charge is -2.18. The first kappa shape index (κ1) is 14.7. The normalized spacial score (nSPS) is 21.4. The molecule has 21 heavy (non-hydrogen) atoms. The van der Waals surface area contributed by atoms with E-state index in [1.165, 1.54) is 0 Å². The van der Waals surface area contributed by atoms with Crippen LogP contribution < -0.4 is 5.32 Å². The van der Waals surface area contributed by atoms with E-state index in [0.717, 1.165) is 11.1 Å². The van der Waals surface area contributed by atoms with Gasteiger partial charge in [0.2, 0.25) is 5.91 Å². The van der Waals surface area contributed by atoms with Gasteiger partial charge >= 0.3 is 0 Å². The van der Waals surface area contributed by atoms with Gasteiger partial charge in [0.25, 0.3) is 0 Å². The molecule has 0 aliphatic carbocycles. The number of amides is 1. The third-order valence-electron chi connectivity index (χ3n) is 3.76. The van der Waals surface area contributed by atoms with Gasteiger partial charge in [-0.3, -0.25) is 4.79 Å². The number of carbonyl (C=O) groups excluding carboxylic acids is 1. The topological polar surface area (TPSA) is 29.1 Å². The minimum atomic E-state index is -0.279. The maximum Gasteiger partial charge on any atom is 0.228 e. The number of carbonyl (C=O) groups is 1. The Morgan fingerprint density at radius 1 is 0.952 bits per heavy atom. The van der Waals surface area contributed by atoms with Crippen molar-refractivity contribution in [3.8, 4) is 0 Å². The summed E-state index contributed by atoms with van der Waals surface area (Å²) < 4.78 is 0. The first-order valence-corrected chi connectivity index (χ1v) is 7.68. The zero-order valence-corrected chi connectivity index (χ0v) is 13.2. The van der Waals surface area contributed by atoms with Crippen molar-refractivity contribution in [3.63, 3.8) is 0 Å². The Bertz CT molecular complexity index is 702. The number of rotatable bonds is 2. The molecular weight excluding hydrogens is 329 g/mol. The predicted molar refractivity (Wildman–Crippen MR) is 86.4 cm³/mol. The molecule has 0 spiro atoms. The Labute approximate surface area is 138 Å². The molecule has 0 bridgehead atoms. The van der Waals surface area contributed by atoms with E-state index in [4.69, 9.17) is 34.8 Å². The maximum atomic E-state index is 12.2. The Morgan fingerprint density at radius 3 is 2.48 bits per heavy atom. The highest BCUT2D eigenvalue weighted by Gasteiger charge is 2.37. The highest BCUT2D eigenvalue weighted by atomic mass is 35.5. The number of hydrogen-bond acceptors (Lipinski definition) is 1. The van der Waals surface area contributed by atoms with Crippen LogP contribution in [0.15, 0.2) is 42.5 Å². The molecule has 1 saturated heterocycles. The van der Waals surface area contributed by atoms with Gasteiger partial charge in [-0.05, 0) is 35.4 Å². The number of halogens is 3. The minimum Gasteiger partial charge on any atom is -0.355 e. The predicted octanol–water partition coefficient (Wildman–Crippen LogP) is 4.64. The Balaban J connectivity index is 2.01. The molecule has 5 heteroatoms. The van der Waals surface area contributed by atoms with Crippen LogP contribution in [-0.4, -0.2) is 12.5 Å². The summed E-state index contributed by atoms with van der Waals surface area (Å²) in [5, 5.41) is 4.52. The molecule has 1 amide bonds. The van der Waals surface area contributed by atoms with Crippen molar-refractivity contribution in [3.05, 3.63) is 68.7 Å². The summed E-state index contributed by atoms with van der Waals surface area (Å²) in [5.74, 6) is -0.245. The van der Waals surface area contributed by atoms with Crippen LogP contribution in [-0.2, 0) is 4.79 Å². The fourth-order valence-electron chi connectivity index (χ4n) is 2.76. The molecule has 3 rings (SSSR count). The average molecular weight is 341 g/mol. The second-order valence-electron chi connectivity index (χ2n) is 5.06. The zero-order valence-electron chi connectivity index (χ0n) is 10.9. The van der Waals surface area contributed by atoms with Crippen LogP contribution >= 0.6 is 34.8 Å². The number of benzene rings is 2. The largest absolute Gasteiger partial charge is 0.355 e. The lowest BCUT2D eigenvalue weighted by Crippen LogP contribution is -2.18. The lowest BCUT2D eigenvalue weighted by molar-refractivity contribution is -0.120. The van der Waals surface area contributed by atoms with Crippen LogP contribution in [0.1, 0.15) is 23.0 Å². The van der Waals surface area contributed by atoms with Crippen LogP contribution in [0.25, 0.3) is 0 Å². The van der Waals surface area contributed by atoms with Crippen LogP contribution in [0.4, 0.5) is 0 Å². The third kappa shape index (κ3) is 2.89. The molecule has 0 aromatic heterocycles. The SMILES string of the molecule is O=C1NC[C@@H](c2cccc(Cl)c2)[C@@H]1c1ccc(Cl)c(Cl)c1. The Hall–Kier alpha value is -1.22. The first-order valence-electron chi connectivity index (χ1n) is 6.54. The van der Waals surface area contributed by atoms with Crippen LogP contribution in [0.2, 0.25) is 15.1 Å². The standard InChI is InChI=1S/C16H12Cl3NO/c17-11-3-1-2-9(6-11)12-8-20-16(21)15(12)10-4-5-13(18)14(19)7-10/h1-7,12,15H,8H2,(H,20,21)/t12-,15-/m0/s1. The van der Waals surface area contributed by atoms with Gasteiger partial charge in [0.05, 0.1) is 16.0 Å². The molecule has 1 heterocycles. The molecule has 1 N–H and O–H groups in total. The average Bonchev–Trinajstić information content (AvgIpc) is 2.84. The Morgan fingerprint density at radius 2 is 1.76 bits per heavy atom. The highest BCUT2D eigenvalue weighted by molar-refractivity contribution is 6.42. The summed E-state index contributed by atoms with van der Waals surface area (Å²) in [6, 6.07) is 12.9. The van der Waals surface area contributed by atoms with E-state index in [1.54, 1.807) is 12.1 Å². The van der Waals surface area contributed by atoms with E-state index < -0.39 is 0 Å². The highest BCUT2D eigenvalue weighted by Crippen LogP contribution is 2.39. The lowest BCUT2D eigenvalue weighted by atomic mass is 9.84. The van der Waals surface area contributed by atoms with Gasteiger partial charge in [-0.2, -0.15) is 0 Å². The van der Waals surface area contributed by atoms with E-state index in [2.05, 4.69) is 5.32 Å². The van der Waals surface area contributed by atoms with E-state index in [9.17, 15) is 4.79 Å². The molecule has 2 nitrogen and oxygen atoms in total. The molecule has 1 fully saturated rings. The molecule has 1 aliphatic heterocycles. The van der Waals surface area contributed by atoms with Crippen molar-refractivity contribution in [2.75, 3.05) is 6.54 Å². The van der Waals surface area contributed by atoms with E-state index in [1.807, 2.05) is 30.3 Å². The molecule has 0 unspecified atom stereocenters. The van der Waals surface area contributed by atoms with Gasteiger partial charge in [-0.1, -0.05) is 53.0 Å². The molecular formula is C16H12Cl3NO. The quantitative estimate of drug-likeness (QED) is 0.847. The summed E-state index contributed by atoms with van der Waals surface area (Å²) >= 11 is 18.1. The van der Waals surface area contributed by atoms with Gasteiger partial charge < -0.3 is 5.32 Å². The first-order chi connectivity index (χ1) is 10.1. The molecule has 1 aliphatic rings. The van der Waals surface area contributed by atoms with Crippen molar-refractivity contribution in [1.82, 2.24) is 5.32 Å². The van der Waals surface area contributed by atoms with Gasteiger partial charge in [-0.15, -0.1) is 0 Å².